The van der Waals surface area contributed by atoms with Gasteiger partial charge in [-0.1, -0.05) is 6.07 Å². The van der Waals surface area contributed by atoms with Crippen LogP contribution < -0.4 is 10.6 Å². The van der Waals surface area contributed by atoms with E-state index in [-0.39, 0.29) is 17.9 Å². The van der Waals surface area contributed by atoms with Crippen molar-refractivity contribution in [3.05, 3.63) is 72.2 Å². The van der Waals surface area contributed by atoms with Crippen LogP contribution in [0.4, 0.5) is 16.0 Å². The van der Waals surface area contributed by atoms with Crippen LogP contribution in [0.1, 0.15) is 61.6 Å². The Morgan fingerprint density at radius 2 is 2.02 bits per heavy atom. The van der Waals surface area contributed by atoms with E-state index in [9.17, 15) is 9.18 Å². The average molecular weight is 572 g/mol. The van der Waals surface area contributed by atoms with Crippen molar-refractivity contribution in [2.45, 2.75) is 57.1 Å². The third-order valence-electron chi connectivity index (χ3n) is 7.71. The van der Waals surface area contributed by atoms with Crippen molar-refractivity contribution in [2.24, 2.45) is 0 Å². The zero-order valence-corrected chi connectivity index (χ0v) is 23.4. The van der Waals surface area contributed by atoms with E-state index in [0.29, 0.717) is 60.0 Å². The molecule has 0 radical (unpaired) electrons. The number of H-pyrrole nitrogens is 1. The third-order valence-corrected chi connectivity index (χ3v) is 7.71. The molecule has 42 heavy (non-hydrogen) atoms. The highest BCUT2D eigenvalue weighted by molar-refractivity contribution is 5.87. The topological polar surface area (TPSA) is 161 Å². The molecule has 0 aromatic carbocycles. The molecule has 1 saturated carbocycles. The normalized spacial score (nSPS) is 19.5. The van der Waals surface area contributed by atoms with E-state index in [1.165, 1.54) is 17.2 Å². The minimum atomic E-state index is -0.975. The van der Waals surface area contributed by atoms with Gasteiger partial charge in [-0.2, -0.15) is 10.2 Å². The predicted molar refractivity (Wildman–Crippen MR) is 151 cm³/mol. The highest BCUT2D eigenvalue weighted by Crippen LogP contribution is 2.40. The molecule has 6 rings (SSSR count). The van der Waals surface area contributed by atoms with Gasteiger partial charge in [0, 0.05) is 37.2 Å². The van der Waals surface area contributed by atoms with Crippen LogP contribution in [0.3, 0.4) is 0 Å². The Labute approximate surface area is 240 Å². The Bertz CT molecular complexity index is 1710. The summed E-state index contributed by atoms with van der Waals surface area (Å²) in [5.74, 6) is 1.74. The van der Waals surface area contributed by atoms with E-state index in [1.54, 1.807) is 25.6 Å². The molecule has 1 amide bonds. The van der Waals surface area contributed by atoms with E-state index >= 15 is 0 Å². The number of carbonyl (C=O) groups excluding carboxylic acids is 1. The molecule has 0 unspecified atom stereocenters. The van der Waals surface area contributed by atoms with E-state index in [2.05, 4.69) is 40.9 Å². The average Bonchev–Trinajstić information content (AvgIpc) is 3.64. The van der Waals surface area contributed by atoms with Crippen molar-refractivity contribution in [3.8, 4) is 5.82 Å². The van der Waals surface area contributed by atoms with Gasteiger partial charge in [0.25, 0.3) is 5.91 Å². The highest BCUT2D eigenvalue weighted by atomic mass is 19.1. The van der Waals surface area contributed by atoms with Crippen molar-refractivity contribution in [1.29, 1.82) is 0 Å². The van der Waals surface area contributed by atoms with Gasteiger partial charge >= 0.3 is 0 Å². The monoisotopic (exact) mass is 571 g/mol. The Hall–Kier alpha value is -4.85. The molecule has 5 aromatic rings. The first-order valence-electron chi connectivity index (χ1n) is 13.6. The zero-order chi connectivity index (χ0) is 29.3. The van der Waals surface area contributed by atoms with E-state index in [4.69, 9.17) is 14.7 Å². The summed E-state index contributed by atoms with van der Waals surface area (Å²) >= 11 is 0. The Balaban J connectivity index is 1.14. The summed E-state index contributed by atoms with van der Waals surface area (Å²) in [7, 11) is 1.57. The SMILES string of the molecule is COC1(C(=O)N[C@@H](C)c2ccc(-n3cc(F)cn3)nc2)CCC(c2nc(Nc3cc(C)[nH]n3)c3cncnc3n2)CC1. The number of aryl methyl sites for hydroxylation is 1. The number of aromatic amines is 1. The number of nitrogens with zero attached hydrogens (tertiary/aromatic N) is 8. The number of rotatable bonds is 8. The maximum absolute atomic E-state index is 13.5. The number of amides is 1. The number of carbonyl (C=O) groups is 1. The van der Waals surface area contributed by atoms with Gasteiger partial charge in [-0.3, -0.25) is 9.89 Å². The lowest BCUT2D eigenvalue weighted by Crippen LogP contribution is -2.50. The summed E-state index contributed by atoms with van der Waals surface area (Å²) in [6.07, 6.45) is 9.47. The molecule has 0 bridgehead atoms. The number of pyridine rings is 1. The second-order valence-electron chi connectivity index (χ2n) is 10.5. The first kappa shape index (κ1) is 27.3. The summed E-state index contributed by atoms with van der Waals surface area (Å²) in [5.41, 5.74) is 1.29. The van der Waals surface area contributed by atoms with Crippen LogP contribution in [0.25, 0.3) is 16.9 Å². The summed E-state index contributed by atoms with van der Waals surface area (Å²) in [6, 6.07) is 5.13. The molecule has 0 saturated heterocycles. The van der Waals surface area contributed by atoms with Crippen LogP contribution in [-0.2, 0) is 9.53 Å². The fraction of sp³-hybridized carbons (Fsp3) is 0.357. The van der Waals surface area contributed by atoms with E-state index in [1.807, 2.05) is 26.0 Å². The van der Waals surface area contributed by atoms with Gasteiger partial charge in [-0.15, -0.1) is 0 Å². The molecular weight excluding hydrogens is 541 g/mol. The smallest absolute Gasteiger partial charge is 0.252 e. The number of methoxy groups -OCH3 is 1. The summed E-state index contributed by atoms with van der Waals surface area (Å²) in [4.78, 5) is 35.9. The Morgan fingerprint density at radius 1 is 1.19 bits per heavy atom. The van der Waals surface area contributed by atoms with Crippen molar-refractivity contribution in [3.63, 3.8) is 0 Å². The largest absolute Gasteiger partial charge is 0.368 e. The van der Waals surface area contributed by atoms with Gasteiger partial charge in [0.2, 0.25) is 0 Å². The lowest BCUT2D eigenvalue weighted by molar-refractivity contribution is -0.148. The number of fused-ring (bicyclic) bond motifs is 1. The van der Waals surface area contributed by atoms with Gasteiger partial charge in [0.05, 0.1) is 23.8 Å². The summed E-state index contributed by atoms with van der Waals surface area (Å²) in [5, 5.41) is 18.1. The first-order chi connectivity index (χ1) is 20.3. The number of ether oxygens (including phenoxy) is 1. The van der Waals surface area contributed by atoms with Crippen LogP contribution in [-0.4, -0.2) is 63.5 Å². The zero-order valence-electron chi connectivity index (χ0n) is 23.4. The number of aromatic nitrogens is 9. The second-order valence-corrected chi connectivity index (χ2v) is 10.5. The molecule has 13 nitrogen and oxygen atoms in total. The predicted octanol–water partition coefficient (Wildman–Crippen LogP) is 3.83. The molecule has 1 atom stereocenters. The number of anilines is 2. The second kappa shape index (κ2) is 11.2. The van der Waals surface area contributed by atoms with Crippen LogP contribution in [0, 0.1) is 12.7 Å². The summed E-state index contributed by atoms with van der Waals surface area (Å²) < 4.78 is 20.5. The van der Waals surface area contributed by atoms with Crippen molar-refractivity contribution in [2.75, 3.05) is 12.4 Å². The molecule has 3 N–H and O–H groups in total. The third kappa shape index (κ3) is 5.40. The molecular formula is C28H30FN11O2. The fourth-order valence-corrected chi connectivity index (χ4v) is 5.26. The Kier molecular flexibility index (Phi) is 7.29. The van der Waals surface area contributed by atoms with E-state index < -0.39 is 11.4 Å². The van der Waals surface area contributed by atoms with Gasteiger partial charge < -0.3 is 15.4 Å². The number of nitrogens with one attached hydrogen (secondary N) is 3. The van der Waals surface area contributed by atoms with Crippen LogP contribution in [0.5, 0.6) is 0 Å². The van der Waals surface area contributed by atoms with Crippen LogP contribution in [0.15, 0.2) is 49.3 Å². The lowest BCUT2D eigenvalue weighted by atomic mass is 9.77. The maximum Gasteiger partial charge on any atom is 0.252 e. The molecule has 1 aliphatic rings. The van der Waals surface area contributed by atoms with Crippen molar-refractivity contribution >= 4 is 28.6 Å². The van der Waals surface area contributed by atoms with Crippen molar-refractivity contribution < 1.29 is 13.9 Å². The van der Waals surface area contributed by atoms with E-state index in [0.717, 1.165) is 17.5 Å². The molecule has 14 heteroatoms. The quantitative estimate of drug-likeness (QED) is 0.250. The standard InChI is InChI=1S/C28H30FN11O2/c1-16-10-22(39-38-16)35-26-21-13-30-15-32-25(21)36-24(37-26)18-6-8-28(42-3,9-7-18)27(41)34-17(2)19-4-5-23(31-11-19)40-14-20(29)12-33-40/h4-5,10-15,17-18H,6-9H2,1-3H3,(H,34,41)(H2,30,32,35,36,37,38,39)/t17-,18?,28?/m0/s1. The summed E-state index contributed by atoms with van der Waals surface area (Å²) in [6.45, 7) is 3.81. The minimum Gasteiger partial charge on any atom is -0.368 e. The number of halogens is 1. The molecule has 5 heterocycles. The van der Waals surface area contributed by atoms with Gasteiger partial charge in [-0.05, 0) is 51.2 Å². The Morgan fingerprint density at radius 3 is 2.69 bits per heavy atom. The van der Waals surface area contributed by atoms with Gasteiger partial charge in [0.1, 0.15) is 23.6 Å². The highest BCUT2D eigenvalue weighted by Gasteiger charge is 2.43. The molecule has 0 aliphatic heterocycles. The van der Waals surface area contributed by atoms with Gasteiger partial charge in [-0.25, -0.2) is 34.0 Å². The van der Waals surface area contributed by atoms with Crippen LogP contribution in [0.2, 0.25) is 0 Å². The molecule has 0 spiro atoms. The molecule has 216 valence electrons. The minimum absolute atomic E-state index is 0.0169. The first-order valence-corrected chi connectivity index (χ1v) is 13.6. The maximum atomic E-state index is 13.5. The van der Waals surface area contributed by atoms with Gasteiger partial charge in [0.15, 0.2) is 23.1 Å². The number of hydrogen-bond acceptors (Lipinski definition) is 10. The molecule has 5 aromatic heterocycles. The molecule has 1 aliphatic carbocycles. The number of hydrogen-bond donors (Lipinski definition) is 3. The van der Waals surface area contributed by atoms with Crippen molar-refractivity contribution in [1.82, 2.24) is 50.2 Å². The molecule has 1 fully saturated rings. The fourth-order valence-electron chi connectivity index (χ4n) is 5.26. The lowest BCUT2D eigenvalue weighted by Gasteiger charge is -2.38. The van der Waals surface area contributed by atoms with Crippen LogP contribution >= 0.6 is 0 Å².